The van der Waals surface area contributed by atoms with Crippen LogP contribution in [0, 0.1) is 17.1 Å². The predicted octanol–water partition coefficient (Wildman–Crippen LogP) is 1.97. The molecule has 0 bridgehead atoms. The minimum absolute atomic E-state index is 0.102. The molecule has 0 aromatic heterocycles. The van der Waals surface area contributed by atoms with Crippen LogP contribution in [0.4, 0.5) is 4.39 Å². The first-order valence-electron chi connectivity index (χ1n) is 4.57. The first-order chi connectivity index (χ1) is 8.21. The van der Waals surface area contributed by atoms with Gasteiger partial charge in [-0.15, -0.1) is 0 Å². The molecule has 8 heteroatoms. The van der Waals surface area contributed by atoms with Gasteiger partial charge in [0, 0.05) is 4.47 Å². The van der Waals surface area contributed by atoms with E-state index in [1.54, 1.807) is 0 Å². The van der Waals surface area contributed by atoms with Crippen LogP contribution in [-0.2, 0) is 9.84 Å². The number of halogens is 2. The molecule has 0 aliphatic carbocycles. The quantitative estimate of drug-likeness (QED) is 0.910. The van der Waals surface area contributed by atoms with Crippen molar-refractivity contribution in [1.29, 1.82) is 5.26 Å². The van der Waals surface area contributed by atoms with Crippen molar-refractivity contribution < 1.29 is 22.7 Å². The van der Waals surface area contributed by atoms with Gasteiger partial charge in [0.2, 0.25) is 0 Å². The Morgan fingerprint density at radius 2 is 2.11 bits per heavy atom. The van der Waals surface area contributed by atoms with E-state index >= 15 is 0 Å². The van der Waals surface area contributed by atoms with Crippen LogP contribution in [0.2, 0.25) is 0 Å². The zero-order valence-electron chi connectivity index (χ0n) is 9.02. The van der Waals surface area contributed by atoms with Gasteiger partial charge in [0.25, 0.3) is 0 Å². The largest absolute Gasteiger partial charge is 0.478 e. The first-order valence-corrected chi connectivity index (χ1v) is 6.91. The molecule has 1 aromatic rings. The third-order valence-electron chi connectivity index (χ3n) is 2.19. The van der Waals surface area contributed by atoms with Gasteiger partial charge >= 0.3 is 5.97 Å². The maximum atomic E-state index is 13.8. The lowest BCUT2D eigenvalue weighted by molar-refractivity contribution is 0.0691. The SMILES string of the molecule is CC(C#N)S(=O)(=O)c1cc(Br)cc(C(=O)O)c1F. The van der Waals surface area contributed by atoms with Gasteiger partial charge in [0.1, 0.15) is 10.1 Å². The van der Waals surface area contributed by atoms with Crippen LogP contribution in [0.5, 0.6) is 0 Å². The number of benzene rings is 1. The lowest BCUT2D eigenvalue weighted by Gasteiger charge is -2.09. The second-order valence-corrected chi connectivity index (χ2v) is 6.54. The van der Waals surface area contributed by atoms with Crippen LogP contribution >= 0.6 is 15.9 Å². The Hall–Kier alpha value is -1.46. The molecule has 0 heterocycles. The number of nitrogens with zero attached hydrogens (tertiary/aromatic N) is 1. The fourth-order valence-corrected chi connectivity index (χ4v) is 2.97. The number of hydrogen-bond acceptors (Lipinski definition) is 4. The summed E-state index contributed by atoms with van der Waals surface area (Å²) in [5, 5.41) is 15.9. The number of aromatic carboxylic acids is 1. The summed E-state index contributed by atoms with van der Waals surface area (Å²) in [6.07, 6.45) is 0. The van der Waals surface area contributed by atoms with E-state index in [0.29, 0.717) is 0 Å². The summed E-state index contributed by atoms with van der Waals surface area (Å²) in [7, 11) is -4.23. The van der Waals surface area contributed by atoms with Crippen molar-refractivity contribution in [1.82, 2.24) is 0 Å². The third kappa shape index (κ3) is 2.52. The molecule has 1 rings (SSSR count). The Bertz CT molecular complexity index is 651. The second kappa shape index (κ2) is 5.04. The maximum Gasteiger partial charge on any atom is 0.338 e. The normalized spacial score (nSPS) is 12.8. The Morgan fingerprint density at radius 1 is 1.56 bits per heavy atom. The van der Waals surface area contributed by atoms with Crippen molar-refractivity contribution in [2.45, 2.75) is 17.1 Å². The molecule has 0 amide bonds. The Labute approximate surface area is 111 Å². The van der Waals surface area contributed by atoms with Crippen LogP contribution in [-0.4, -0.2) is 24.7 Å². The molecule has 0 aliphatic rings. The summed E-state index contributed by atoms with van der Waals surface area (Å²) < 4.78 is 37.6. The van der Waals surface area contributed by atoms with E-state index < -0.39 is 37.3 Å². The van der Waals surface area contributed by atoms with Crippen molar-refractivity contribution in [3.63, 3.8) is 0 Å². The molecule has 0 aliphatic heterocycles. The van der Waals surface area contributed by atoms with Crippen molar-refractivity contribution >= 4 is 31.7 Å². The van der Waals surface area contributed by atoms with E-state index in [0.717, 1.165) is 19.1 Å². The molecule has 5 nitrogen and oxygen atoms in total. The zero-order chi connectivity index (χ0) is 14.1. The van der Waals surface area contributed by atoms with Crippen LogP contribution in [0.3, 0.4) is 0 Å². The lowest BCUT2D eigenvalue weighted by Crippen LogP contribution is -2.18. The highest BCUT2D eigenvalue weighted by Gasteiger charge is 2.29. The molecule has 0 fully saturated rings. The van der Waals surface area contributed by atoms with E-state index in [4.69, 9.17) is 10.4 Å². The number of carboxylic acid groups (broad SMARTS) is 1. The molecule has 0 saturated heterocycles. The molecule has 0 radical (unpaired) electrons. The van der Waals surface area contributed by atoms with E-state index in [1.807, 2.05) is 0 Å². The van der Waals surface area contributed by atoms with E-state index in [9.17, 15) is 17.6 Å². The standard InChI is InChI=1S/C10H7BrFNO4S/c1-5(4-13)18(16,17)8-3-6(11)2-7(9(8)12)10(14)15/h2-3,5H,1H3,(H,14,15). The minimum atomic E-state index is -4.23. The lowest BCUT2D eigenvalue weighted by atomic mass is 10.2. The molecule has 1 aromatic carbocycles. The molecule has 0 saturated carbocycles. The van der Waals surface area contributed by atoms with E-state index in [-0.39, 0.29) is 4.47 Å². The highest BCUT2D eigenvalue weighted by atomic mass is 79.9. The van der Waals surface area contributed by atoms with Crippen molar-refractivity contribution in [2.75, 3.05) is 0 Å². The summed E-state index contributed by atoms with van der Waals surface area (Å²) in [5.74, 6) is -2.96. The van der Waals surface area contributed by atoms with Crippen LogP contribution in [0.25, 0.3) is 0 Å². The van der Waals surface area contributed by atoms with Gasteiger partial charge in [-0.3, -0.25) is 0 Å². The molecule has 1 N–H and O–H groups in total. The van der Waals surface area contributed by atoms with Gasteiger partial charge in [-0.05, 0) is 19.1 Å². The number of hydrogen-bond donors (Lipinski definition) is 1. The van der Waals surface area contributed by atoms with Gasteiger partial charge in [0.15, 0.2) is 15.7 Å². The molecule has 96 valence electrons. The van der Waals surface area contributed by atoms with Gasteiger partial charge in [0.05, 0.1) is 11.6 Å². The molecule has 0 spiro atoms. The number of nitriles is 1. The average molecular weight is 336 g/mol. The fraction of sp³-hybridized carbons (Fsp3) is 0.200. The average Bonchev–Trinajstić information content (AvgIpc) is 2.29. The van der Waals surface area contributed by atoms with E-state index in [1.165, 1.54) is 6.07 Å². The monoisotopic (exact) mass is 335 g/mol. The van der Waals surface area contributed by atoms with Crippen LogP contribution in [0.15, 0.2) is 21.5 Å². The number of carbonyl (C=O) groups is 1. The highest BCUT2D eigenvalue weighted by Crippen LogP contribution is 2.26. The first kappa shape index (κ1) is 14.6. The number of rotatable bonds is 3. The van der Waals surface area contributed by atoms with Crippen molar-refractivity contribution in [2.24, 2.45) is 0 Å². The number of sulfone groups is 1. The molecular weight excluding hydrogens is 329 g/mol. The van der Waals surface area contributed by atoms with Crippen LogP contribution < -0.4 is 0 Å². The highest BCUT2D eigenvalue weighted by molar-refractivity contribution is 9.10. The van der Waals surface area contributed by atoms with Crippen LogP contribution in [0.1, 0.15) is 17.3 Å². The van der Waals surface area contributed by atoms with Gasteiger partial charge < -0.3 is 5.11 Å². The minimum Gasteiger partial charge on any atom is -0.478 e. The Morgan fingerprint density at radius 3 is 2.56 bits per heavy atom. The summed E-state index contributed by atoms with van der Waals surface area (Å²) in [6, 6.07) is 3.37. The zero-order valence-corrected chi connectivity index (χ0v) is 11.4. The summed E-state index contributed by atoms with van der Waals surface area (Å²) in [5.41, 5.74) is -0.770. The summed E-state index contributed by atoms with van der Waals surface area (Å²) >= 11 is 2.90. The fourth-order valence-electron chi connectivity index (χ4n) is 1.19. The Balaban J connectivity index is 3.63. The second-order valence-electron chi connectivity index (χ2n) is 3.39. The maximum absolute atomic E-state index is 13.8. The van der Waals surface area contributed by atoms with Gasteiger partial charge in [-0.2, -0.15) is 5.26 Å². The topological polar surface area (TPSA) is 95.2 Å². The van der Waals surface area contributed by atoms with Crippen molar-refractivity contribution in [3.8, 4) is 6.07 Å². The predicted molar refractivity (Wildman–Crippen MR) is 63.3 cm³/mol. The smallest absolute Gasteiger partial charge is 0.338 e. The summed E-state index contributed by atoms with van der Waals surface area (Å²) in [6.45, 7) is 1.09. The Kier molecular flexibility index (Phi) is 4.09. The summed E-state index contributed by atoms with van der Waals surface area (Å²) in [4.78, 5) is 9.97. The van der Waals surface area contributed by atoms with Crippen molar-refractivity contribution in [3.05, 3.63) is 28.0 Å². The van der Waals surface area contributed by atoms with Gasteiger partial charge in [-0.25, -0.2) is 17.6 Å². The number of carboxylic acids is 1. The molecule has 1 unspecified atom stereocenters. The van der Waals surface area contributed by atoms with E-state index in [2.05, 4.69) is 15.9 Å². The molecule has 18 heavy (non-hydrogen) atoms. The molecular formula is C10H7BrFNO4S. The van der Waals surface area contributed by atoms with Gasteiger partial charge in [-0.1, -0.05) is 15.9 Å². The third-order valence-corrected chi connectivity index (χ3v) is 4.59. The molecule has 1 atom stereocenters.